The second-order valence-corrected chi connectivity index (χ2v) is 7.39. The Morgan fingerprint density at radius 3 is 2.46 bits per heavy atom. The minimum atomic E-state index is -0.575. The summed E-state index contributed by atoms with van der Waals surface area (Å²) in [6.07, 6.45) is 0.980. The van der Waals surface area contributed by atoms with Gasteiger partial charge in [-0.25, -0.2) is 4.68 Å². The molecule has 0 saturated heterocycles. The van der Waals surface area contributed by atoms with Crippen molar-refractivity contribution in [2.45, 2.75) is 65.5 Å². The number of aromatic nitrogens is 3. The molecule has 2 aromatic rings. The Bertz CT molecular complexity index is 807. The first-order valence-corrected chi connectivity index (χ1v) is 8.93. The van der Waals surface area contributed by atoms with Crippen molar-refractivity contribution in [2.75, 3.05) is 0 Å². The van der Waals surface area contributed by atoms with Crippen LogP contribution in [0.25, 0.3) is 0 Å². The molecule has 1 atom stereocenters. The third-order valence-electron chi connectivity index (χ3n) is 3.91. The summed E-state index contributed by atoms with van der Waals surface area (Å²) < 4.78 is 6.89. The van der Waals surface area contributed by atoms with E-state index < -0.39 is 11.6 Å². The molecule has 0 amide bonds. The molecule has 0 aliphatic carbocycles. The fraction of sp³-hybridized carbons (Fsp3) is 0.500. The monoisotopic (exact) mass is 357 g/mol. The lowest BCUT2D eigenvalue weighted by atomic mass is 9.97. The average Bonchev–Trinajstić information content (AvgIpc) is 2.56. The minimum Gasteiger partial charge on any atom is -0.459 e. The molecule has 26 heavy (non-hydrogen) atoms. The van der Waals surface area contributed by atoms with Gasteiger partial charge in [-0.05, 0) is 38.7 Å². The van der Waals surface area contributed by atoms with Gasteiger partial charge in [0, 0.05) is 6.42 Å². The molecule has 1 aromatic carbocycles. The van der Waals surface area contributed by atoms with Crippen LogP contribution in [0.4, 0.5) is 0 Å². The van der Waals surface area contributed by atoms with Crippen molar-refractivity contribution in [3.63, 3.8) is 0 Å². The number of benzene rings is 1. The van der Waals surface area contributed by atoms with E-state index in [1.165, 1.54) is 4.68 Å². The molecule has 1 unspecified atom stereocenters. The normalized spacial score (nSPS) is 12.7. The highest BCUT2D eigenvalue weighted by Gasteiger charge is 2.20. The van der Waals surface area contributed by atoms with Crippen molar-refractivity contribution in [1.29, 1.82) is 0 Å². The van der Waals surface area contributed by atoms with Gasteiger partial charge in [0.15, 0.2) is 0 Å². The van der Waals surface area contributed by atoms with E-state index in [-0.39, 0.29) is 18.0 Å². The van der Waals surface area contributed by atoms with E-state index in [1.54, 1.807) is 0 Å². The second-order valence-electron chi connectivity index (χ2n) is 7.39. The van der Waals surface area contributed by atoms with E-state index in [0.717, 1.165) is 5.56 Å². The molecule has 0 N–H and O–H groups in total. The predicted octanol–water partition coefficient (Wildman–Crippen LogP) is 2.89. The summed E-state index contributed by atoms with van der Waals surface area (Å²) in [7, 11) is 0. The van der Waals surface area contributed by atoms with Crippen molar-refractivity contribution < 1.29 is 9.53 Å². The number of hydrogen-bond acceptors (Lipinski definition) is 5. The smallest absolute Gasteiger partial charge is 0.328 e. The average molecular weight is 357 g/mol. The first-order chi connectivity index (χ1) is 12.2. The molecular formula is C20H27N3O3. The van der Waals surface area contributed by atoms with E-state index in [0.29, 0.717) is 24.4 Å². The van der Waals surface area contributed by atoms with Crippen LogP contribution in [0.3, 0.4) is 0 Å². The van der Waals surface area contributed by atoms with Gasteiger partial charge < -0.3 is 4.74 Å². The zero-order chi connectivity index (χ0) is 19.3. The van der Waals surface area contributed by atoms with Crippen molar-refractivity contribution >= 4 is 5.97 Å². The highest BCUT2D eigenvalue weighted by atomic mass is 16.6. The zero-order valence-electron chi connectivity index (χ0n) is 16.2. The largest absolute Gasteiger partial charge is 0.459 e. The molecule has 0 radical (unpaired) electrons. The Morgan fingerprint density at radius 1 is 1.23 bits per heavy atom. The van der Waals surface area contributed by atoms with E-state index in [2.05, 4.69) is 17.0 Å². The van der Waals surface area contributed by atoms with Crippen molar-refractivity contribution in [1.82, 2.24) is 14.8 Å². The number of esters is 1. The van der Waals surface area contributed by atoms with Gasteiger partial charge >= 0.3 is 5.97 Å². The Morgan fingerprint density at radius 2 is 1.88 bits per heavy atom. The van der Waals surface area contributed by atoms with Crippen LogP contribution in [0.1, 0.15) is 57.6 Å². The molecule has 0 saturated carbocycles. The Hall–Kier alpha value is -2.50. The van der Waals surface area contributed by atoms with Crippen LogP contribution < -0.4 is 5.56 Å². The van der Waals surface area contributed by atoms with Crippen LogP contribution in [0, 0.1) is 0 Å². The highest BCUT2D eigenvalue weighted by Crippen LogP contribution is 2.19. The van der Waals surface area contributed by atoms with Crippen LogP contribution in [0.15, 0.2) is 35.1 Å². The summed E-state index contributed by atoms with van der Waals surface area (Å²) >= 11 is 0. The maximum absolute atomic E-state index is 12.2. The molecule has 6 nitrogen and oxygen atoms in total. The quantitative estimate of drug-likeness (QED) is 0.743. The molecule has 2 rings (SSSR count). The molecule has 1 heterocycles. The van der Waals surface area contributed by atoms with Gasteiger partial charge in [-0.2, -0.15) is 10.1 Å². The number of nitrogens with zero attached hydrogens (tertiary/aromatic N) is 3. The standard InChI is InChI=1S/C20H27N3O3/c1-6-16-19(25)21-17(12-14(2)15-10-8-7-9-11-15)23(22-16)13-18(24)26-20(3,4)5/h7-11,14H,6,12-13H2,1-5H3. The first-order valence-electron chi connectivity index (χ1n) is 8.93. The number of hydrogen-bond donors (Lipinski definition) is 0. The number of carbonyl (C=O) groups is 1. The minimum absolute atomic E-state index is 0.0611. The molecule has 0 aliphatic heterocycles. The molecule has 0 aliphatic rings. The van der Waals surface area contributed by atoms with Crippen LogP contribution in [-0.2, 0) is 28.9 Å². The molecule has 6 heteroatoms. The van der Waals surface area contributed by atoms with E-state index in [9.17, 15) is 9.59 Å². The summed E-state index contributed by atoms with van der Waals surface area (Å²) in [6.45, 7) is 9.30. The maximum Gasteiger partial charge on any atom is 0.328 e. The summed E-state index contributed by atoms with van der Waals surface area (Å²) in [5.41, 5.74) is 0.590. The van der Waals surface area contributed by atoms with Gasteiger partial charge in [0.05, 0.1) is 0 Å². The van der Waals surface area contributed by atoms with Gasteiger partial charge in [-0.1, -0.05) is 44.2 Å². The molecule has 0 bridgehead atoms. The van der Waals surface area contributed by atoms with E-state index >= 15 is 0 Å². The van der Waals surface area contributed by atoms with Crippen molar-refractivity contribution in [2.24, 2.45) is 0 Å². The van der Waals surface area contributed by atoms with Crippen LogP contribution in [0.2, 0.25) is 0 Å². The lowest BCUT2D eigenvalue weighted by Gasteiger charge is -2.21. The molecule has 0 fully saturated rings. The summed E-state index contributed by atoms with van der Waals surface area (Å²) in [5, 5.41) is 4.35. The van der Waals surface area contributed by atoms with Crippen LogP contribution in [-0.4, -0.2) is 26.3 Å². The Balaban J connectivity index is 2.30. The molecule has 1 aromatic heterocycles. The summed E-state index contributed by atoms with van der Waals surface area (Å²) in [4.78, 5) is 28.6. The van der Waals surface area contributed by atoms with Gasteiger partial charge in [0.1, 0.15) is 23.7 Å². The predicted molar refractivity (Wildman–Crippen MR) is 100 cm³/mol. The first kappa shape index (κ1) is 19.8. The Kier molecular flexibility index (Phi) is 6.29. The molecule has 0 spiro atoms. The number of aryl methyl sites for hydroxylation is 1. The van der Waals surface area contributed by atoms with Crippen molar-refractivity contribution in [3.05, 3.63) is 57.8 Å². The van der Waals surface area contributed by atoms with Gasteiger partial charge in [0.2, 0.25) is 0 Å². The number of carbonyl (C=O) groups excluding carboxylic acids is 1. The fourth-order valence-electron chi connectivity index (χ4n) is 2.65. The summed E-state index contributed by atoms with van der Waals surface area (Å²) in [5.74, 6) is 0.239. The van der Waals surface area contributed by atoms with Gasteiger partial charge in [-0.3, -0.25) is 9.59 Å². The third kappa shape index (κ3) is 5.51. The molecule has 140 valence electrons. The van der Waals surface area contributed by atoms with Crippen molar-refractivity contribution in [3.8, 4) is 0 Å². The molecular weight excluding hydrogens is 330 g/mol. The topological polar surface area (TPSA) is 74.1 Å². The lowest BCUT2D eigenvalue weighted by molar-refractivity contribution is -0.155. The lowest BCUT2D eigenvalue weighted by Crippen LogP contribution is -2.31. The number of ether oxygens (including phenoxy) is 1. The fourth-order valence-corrected chi connectivity index (χ4v) is 2.65. The Labute approximate surface area is 154 Å². The zero-order valence-corrected chi connectivity index (χ0v) is 16.2. The number of rotatable bonds is 6. The van der Waals surface area contributed by atoms with Gasteiger partial charge in [-0.15, -0.1) is 0 Å². The summed E-state index contributed by atoms with van der Waals surface area (Å²) in [6, 6.07) is 9.99. The van der Waals surface area contributed by atoms with E-state index in [4.69, 9.17) is 4.74 Å². The van der Waals surface area contributed by atoms with Crippen LogP contribution >= 0.6 is 0 Å². The SMILES string of the molecule is CCc1nn(CC(=O)OC(C)(C)C)c(CC(C)c2ccccc2)nc1=O. The maximum atomic E-state index is 12.2. The third-order valence-corrected chi connectivity index (χ3v) is 3.91. The second kappa shape index (κ2) is 8.25. The van der Waals surface area contributed by atoms with Crippen LogP contribution in [0.5, 0.6) is 0 Å². The highest BCUT2D eigenvalue weighted by molar-refractivity contribution is 5.69. The van der Waals surface area contributed by atoms with E-state index in [1.807, 2.05) is 58.0 Å². The van der Waals surface area contributed by atoms with Gasteiger partial charge in [0.25, 0.3) is 5.56 Å².